The molecule has 4 aliphatic rings. The highest BCUT2D eigenvalue weighted by atomic mass is 16.6. The SMILES string of the molecule is C=C1C(=O)O[C@H]2C[C@]3(CO3)[C@@H]3C[C@@H](OC(C)=O)C(=C)[C@]3(O)C[C@H]12. The van der Waals surface area contributed by atoms with Gasteiger partial charge in [0.15, 0.2) is 0 Å². The second-order valence-corrected chi connectivity index (χ2v) is 7.17. The van der Waals surface area contributed by atoms with Crippen LogP contribution in [0.2, 0.25) is 0 Å². The fourth-order valence-corrected chi connectivity index (χ4v) is 4.64. The first-order valence-electron chi connectivity index (χ1n) is 7.89. The fourth-order valence-electron chi connectivity index (χ4n) is 4.64. The molecule has 4 rings (SSSR count). The van der Waals surface area contributed by atoms with Gasteiger partial charge in [-0.2, -0.15) is 0 Å². The van der Waals surface area contributed by atoms with E-state index in [4.69, 9.17) is 14.2 Å². The summed E-state index contributed by atoms with van der Waals surface area (Å²) in [4.78, 5) is 23.2. The average Bonchev–Trinajstić information content (AvgIpc) is 3.16. The first-order chi connectivity index (χ1) is 10.8. The monoisotopic (exact) mass is 320 g/mol. The molecule has 0 unspecified atom stereocenters. The molecule has 2 aliphatic carbocycles. The molecule has 124 valence electrons. The predicted molar refractivity (Wildman–Crippen MR) is 78.2 cm³/mol. The van der Waals surface area contributed by atoms with Crippen LogP contribution in [0.25, 0.3) is 0 Å². The zero-order valence-electron chi connectivity index (χ0n) is 13.0. The maximum atomic E-state index is 11.8. The number of aliphatic hydroxyl groups is 1. The summed E-state index contributed by atoms with van der Waals surface area (Å²) in [5, 5.41) is 11.4. The van der Waals surface area contributed by atoms with Crippen LogP contribution in [-0.4, -0.2) is 47.1 Å². The van der Waals surface area contributed by atoms with Gasteiger partial charge in [0.05, 0.1) is 12.2 Å². The highest BCUT2D eigenvalue weighted by molar-refractivity contribution is 5.90. The van der Waals surface area contributed by atoms with Gasteiger partial charge in [-0.05, 0) is 18.4 Å². The number of ether oxygens (including phenoxy) is 3. The number of hydrogen-bond donors (Lipinski definition) is 1. The maximum absolute atomic E-state index is 11.8. The van der Waals surface area contributed by atoms with Crippen LogP contribution in [0.4, 0.5) is 0 Å². The zero-order chi connectivity index (χ0) is 16.6. The Hall–Kier alpha value is -1.66. The molecule has 1 spiro atoms. The van der Waals surface area contributed by atoms with Crippen LogP contribution >= 0.6 is 0 Å². The third kappa shape index (κ3) is 1.94. The Bertz CT molecular complexity index is 633. The molecular formula is C17H20O6. The molecular weight excluding hydrogens is 300 g/mol. The van der Waals surface area contributed by atoms with Gasteiger partial charge in [-0.15, -0.1) is 0 Å². The van der Waals surface area contributed by atoms with Crippen LogP contribution in [0.15, 0.2) is 24.3 Å². The van der Waals surface area contributed by atoms with E-state index in [1.54, 1.807) is 0 Å². The molecule has 6 atom stereocenters. The van der Waals surface area contributed by atoms with Gasteiger partial charge in [-0.25, -0.2) is 4.79 Å². The number of rotatable bonds is 1. The van der Waals surface area contributed by atoms with Crippen LogP contribution in [-0.2, 0) is 23.8 Å². The van der Waals surface area contributed by atoms with Crippen LogP contribution in [0.1, 0.15) is 26.2 Å². The Morgan fingerprint density at radius 2 is 2.09 bits per heavy atom. The summed E-state index contributed by atoms with van der Waals surface area (Å²) in [7, 11) is 0. The third-order valence-corrected chi connectivity index (χ3v) is 5.92. The van der Waals surface area contributed by atoms with Gasteiger partial charge in [0, 0.05) is 30.8 Å². The minimum atomic E-state index is -1.24. The molecule has 6 nitrogen and oxygen atoms in total. The summed E-state index contributed by atoms with van der Waals surface area (Å²) in [6, 6.07) is 0. The van der Waals surface area contributed by atoms with Crippen molar-refractivity contribution in [2.24, 2.45) is 11.8 Å². The molecule has 23 heavy (non-hydrogen) atoms. The van der Waals surface area contributed by atoms with Gasteiger partial charge in [0.2, 0.25) is 0 Å². The van der Waals surface area contributed by atoms with Crippen molar-refractivity contribution in [1.82, 2.24) is 0 Å². The highest BCUT2D eigenvalue weighted by Gasteiger charge is 2.69. The molecule has 0 aromatic rings. The first-order valence-corrected chi connectivity index (χ1v) is 7.89. The lowest BCUT2D eigenvalue weighted by Gasteiger charge is -2.33. The standard InChI is InChI=1S/C17H20O6/c1-8-11-5-17(20)9(2)12(22-10(3)18)4-14(17)16(7-21-16)6-13(11)23-15(8)19/h11-14,20H,1-2,4-7H2,3H3/t11-,12-,13+,14+,16+,17-/m1/s1. The Labute approximate surface area is 134 Å². The molecule has 6 heteroatoms. The van der Waals surface area contributed by atoms with Gasteiger partial charge in [-0.3, -0.25) is 4.79 Å². The number of hydrogen-bond acceptors (Lipinski definition) is 6. The van der Waals surface area contributed by atoms with Gasteiger partial charge < -0.3 is 19.3 Å². The van der Waals surface area contributed by atoms with E-state index < -0.39 is 29.2 Å². The number of esters is 2. The predicted octanol–water partition coefficient (Wildman–Crippen LogP) is 0.886. The molecule has 0 aromatic carbocycles. The fraction of sp³-hybridized carbons (Fsp3) is 0.647. The van der Waals surface area contributed by atoms with Gasteiger partial charge in [-0.1, -0.05) is 13.2 Å². The molecule has 1 N–H and O–H groups in total. The molecule has 2 saturated heterocycles. The summed E-state index contributed by atoms with van der Waals surface area (Å²) < 4.78 is 16.5. The van der Waals surface area contributed by atoms with E-state index in [0.29, 0.717) is 37.0 Å². The van der Waals surface area contributed by atoms with Crippen molar-refractivity contribution in [3.05, 3.63) is 24.3 Å². The minimum Gasteiger partial charge on any atom is -0.458 e. The summed E-state index contributed by atoms with van der Waals surface area (Å²) >= 11 is 0. The topological polar surface area (TPSA) is 85.4 Å². The average molecular weight is 320 g/mol. The zero-order valence-corrected chi connectivity index (χ0v) is 13.0. The lowest BCUT2D eigenvalue weighted by atomic mass is 9.77. The second-order valence-electron chi connectivity index (χ2n) is 7.17. The summed E-state index contributed by atoms with van der Waals surface area (Å²) in [5.41, 5.74) is -0.895. The lowest BCUT2D eigenvalue weighted by molar-refractivity contribution is -0.145. The summed E-state index contributed by atoms with van der Waals surface area (Å²) in [6.07, 6.45) is 0.484. The minimum absolute atomic E-state index is 0.219. The van der Waals surface area contributed by atoms with E-state index in [9.17, 15) is 14.7 Å². The van der Waals surface area contributed by atoms with E-state index in [0.717, 1.165) is 0 Å². The van der Waals surface area contributed by atoms with Gasteiger partial charge >= 0.3 is 11.9 Å². The molecule has 2 saturated carbocycles. The largest absolute Gasteiger partial charge is 0.458 e. The number of epoxide rings is 1. The summed E-state index contributed by atoms with van der Waals surface area (Å²) in [6.45, 7) is 9.68. The maximum Gasteiger partial charge on any atom is 0.334 e. The molecule has 4 fully saturated rings. The van der Waals surface area contributed by atoms with Crippen LogP contribution in [0.3, 0.4) is 0 Å². The molecule has 0 aromatic heterocycles. The Morgan fingerprint density at radius 1 is 1.39 bits per heavy atom. The van der Waals surface area contributed by atoms with Crippen LogP contribution < -0.4 is 0 Å². The Balaban J connectivity index is 1.71. The van der Waals surface area contributed by atoms with E-state index in [-0.39, 0.29) is 17.9 Å². The number of carbonyl (C=O) groups is 2. The lowest BCUT2D eigenvalue weighted by Crippen LogP contribution is -2.42. The highest BCUT2D eigenvalue weighted by Crippen LogP contribution is 2.60. The number of carbonyl (C=O) groups excluding carboxylic acids is 2. The van der Waals surface area contributed by atoms with Gasteiger partial charge in [0.1, 0.15) is 17.8 Å². The van der Waals surface area contributed by atoms with E-state index in [1.807, 2.05) is 0 Å². The Kier molecular flexibility index (Phi) is 2.88. The molecule has 2 aliphatic heterocycles. The smallest absolute Gasteiger partial charge is 0.334 e. The molecule has 0 bridgehead atoms. The number of fused-ring (bicyclic) bond motifs is 3. The van der Waals surface area contributed by atoms with Crippen molar-refractivity contribution in [2.75, 3.05) is 6.61 Å². The van der Waals surface area contributed by atoms with E-state index in [2.05, 4.69) is 13.2 Å². The van der Waals surface area contributed by atoms with Crippen molar-refractivity contribution in [2.45, 2.75) is 49.6 Å². The quantitative estimate of drug-likeness (QED) is 0.334. The molecule has 0 radical (unpaired) electrons. The van der Waals surface area contributed by atoms with Crippen molar-refractivity contribution in [1.29, 1.82) is 0 Å². The second kappa shape index (κ2) is 4.45. The normalized spacial score (nSPS) is 47.8. The van der Waals surface area contributed by atoms with E-state index in [1.165, 1.54) is 6.92 Å². The molecule has 2 heterocycles. The third-order valence-electron chi connectivity index (χ3n) is 5.92. The first kappa shape index (κ1) is 14.9. The van der Waals surface area contributed by atoms with Crippen molar-refractivity contribution < 1.29 is 28.9 Å². The Morgan fingerprint density at radius 3 is 2.70 bits per heavy atom. The van der Waals surface area contributed by atoms with Gasteiger partial charge in [0.25, 0.3) is 0 Å². The van der Waals surface area contributed by atoms with E-state index >= 15 is 0 Å². The molecule has 0 amide bonds. The van der Waals surface area contributed by atoms with Crippen molar-refractivity contribution in [3.8, 4) is 0 Å². The van der Waals surface area contributed by atoms with Crippen molar-refractivity contribution in [3.63, 3.8) is 0 Å². The van der Waals surface area contributed by atoms with Crippen LogP contribution in [0.5, 0.6) is 0 Å². The van der Waals surface area contributed by atoms with Crippen LogP contribution in [0, 0.1) is 11.8 Å². The van der Waals surface area contributed by atoms with Crippen molar-refractivity contribution >= 4 is 11.9 Å². The summed E-state index contributed by atoms with van der Waals surface area (Å²) in [5.74, 6) is -1.28.